The van der Waals surface area contributed by atoms with Crippen molar-refractivity contribution in [3.63, 3.8) is 0 Å². The van der Waals surface area contributed by atoms with Crippen LogP contribution in [0.4, 0.5) is 0 Å². The molecule has 0 radical (unpaired) electrons. The van der Waals surface area contributed by atoms with Crippen molar-refractivity contribution in [1.82, 2.24) is 5.43 Å². The number of halogens is 1. The van der Waals surface area contributed by atoms with Gasteiger partial charge in [0.25, 0.3) is 5.91 Å². The number of methoxy groups -OCH3 is 1. The highest BCUT2D eigenvalue weighted by atomic mass is 35.5. The first-order valence-corrected chi connectivity index (χ1v) is 11.2. The molecule has 1 amide bonds. The molecule has 0 bridgehead atoms. The molecule has 0 aromatic heterocycles. The van der Waals surface area contributed by atoms with Gasteiger partial charge in [-0.3, -0.25) is 4.79 Å². The van der Waals surface area contributed by atoms with Crippen molar-refractivity contribution in [2.75, 3.05) is 20.3 Å². The van der Waals surface area contributed by atoms with Crippen LogP contribution in [0.3, 0.4) is 0 Å². The third-order valence-corrected chi connectivity index (χ3v) is 4.76. The Morgan fingerprint density at radius 3 is 2.49 bits per heavy atom. The average Bonchev–Trinajstić information content (AvgIpc) is 2.87. The van der Waals surface area contributed by atoms with E-state index < -0.39 is 11.9 Å². The van der Waals surface area contributed by atoms with Gasteiger partial charge in [0.1, 0.15) is 11.5 Å². The molecular weight excluding hydrogens is 472 g/mol. The van der Waals surface area contributed by atoms with E-state index in [1.165, 1.54) is 13.3 Å². The van der Waals surface area contributed by atoms with Gasteiger partial charge in [0.15, 0.2) is 18.1 Å². The van der Waals surface area contributed by atoms with Gasteiger partial charge >= 0.3 is 5.97 Å². The fraction of sp³-hybridized carbons (Fsp3) is 0.192. The molecule has 3 aromatic rings. The molecule has 1 N–H and O–H groups in total. The summed E-state index contributed by atoms with van der Waals surface area (Å²) in [5.41, 5.74) is 3.37. The lowest BCUT2D eigenvalue weighted by atomic mass is 10.2. The molecule has 0 heterocycles. The predicted octanol–water partition coefficient (Wildman–Crippen LogP) is 4.89. The summed E-state index contributed by atoms with van der Waals surface area (Å²) in [6.07, 6.45) is 2.33. The summed E-state index contributed by atoms with van der Waals surface area (Å²) < 4.78 is 21.7. The Kier molecular flexibility index (Phi) is 9.50. The van der Waals surface area contributed by atoms with Crippen LogP contribution in [0.25, 0.3) is 0 Å². The smallest absolute Gasteiger partial charge is 0.343 e. The number of esters is 1. The number of carbonyl (C=O) groups is 2. The Morgan fingerprint density at radius 1 is 0.971 bits per heavy atom. The number of amides is 1. The first kappa shape index (κ1) is 25.6. The average molecular weight is 497 g/mol. The van der Waals surface area contributed by atoms with Crippen LogP contribution >= 0.6 is 11.6 Å². The van der Waals surface area contributed by atoms with Gasteiger partial charge < -0.3 is 18.9 Å². The van der Waals surface area contributed by atoms with Gasteiger partial charge in [-0.05, 0) is 72.6 Å². The van der Waals surface area contributed by atoms with Gasteiger partial charge in [0, 0.05) is 5.02 Å². The SMILES string of the molecule is CCCOc1ccc(C(=O)Oc2ccc(/C=N\NC(=O)COc3cccc(Cl)c3)cc2OC)cc1. The first-order valence-electron chi connectivity index (χ1n) is 10.8. The van der Waals surface area contributed by atoms with E-state index in [0.717, 1.165) is 6.42 Å². The number of hydrazone groups is 1. The highest BCUT2D eigenvalue weighted by Gasteiger charge is 2.13. The van der Waals surface area contributed by atoms with Crippen LogP contribution in [0, 0.1) is 0 Å². The van der Waals surface area contributed by atoms with Crippen molar-refractivity contribution in [3.05, 3.63) is 82.9 Å². The van der Waals surface area contributed by atoms with Crippen LogP contribution in [-0.4, -0.2) is 38.4 Å². The number of rotatable bonds is 11. The van der Waals surface area contributed by atoms with E-state index in [0.29, 0.717) is 40.0 Å². The first-order chi connectivity index (χ1) is 17.0. The molecule has 0 aliphatic rings. The van der Waals surface area contributed by atoms with Gasteiger partial charge in [0.2, 0.25) is 0 Å². The van der Waals surface area contributed by atoms with Crippen LogP contribution in [-0.2, 0) is 4.79 Å². The van der Waals surface area contributed by atoms with Crippen LogP contribution in [0.5, 0.6) is 23.0 Å². The zero-order valence-electron chi connectivity index (χ0n) is 19.3. The Bertz CT molecular complexity index is 1180. The van der Waals surface area contributed by atoms with Crippen molar-refractivity contribution >= 4 is 29.7 Å². The number of carbonyl (C=O) groups excluding carboxylic acids is 2. The van der Waals surface area contributed by atoms with Gasteiger partial charge in [-0.1, -0.05) is 24.6 Å². The Balaban J connectivity index is 1.54. The summed E-state index contributed by atoms with van der Waals surface area (Å²) in [5, 5.41) is 4.42. The summed E-state index contributed by atoms with van der Waals surface area (Å²) in [5.74, 6) is 0.782. The largest absolute Gasteiger partial charge is 0.494 e. The second-order valence-corrected chi connectivity index (χ2v) is 7.65. The molecule has 3 rings (SSSR count). The summed E-state index contributed by atoms with van der Waals surface area (Å²) >= 11 is 5.88. The Morgan fingerprint density at radius 2 is 1.77 bits per heavy atom. The van der Waals surface area contributed by atoms with Crippen LogP contribution in [0.15, 0.2) is 71.8 Å². The second-order valence-electron chi connectivity index (χ2n) is 7.21. The van der Waals surface area contributed by atoms with Crippen molar-refractivity contribution in [2.45, 2.75) is 13.3 Å². The van der Waals surface area contributed by atoms with E-state index in [2.05, 4.69) is 10.5 Å². The molecule has 0 spiro atoms. The molecule has 0 saturated heterocycles. The minimum atomic E-state index is -0.529. The van der Waals surface area contributed by atoms with Crippen LogP contribution in [0.1, 0.15) is 29.3 Å². The lowest BCUT2D eigenvalue weighted by Crippen LogP contribution is -2.24. The maximum atomic E-state index is 12.5. The zero-order chi connectivity index (χ0) is 25.0. The summed E-state index contributed by atoms with van der Waals surface area (Å²) in [6, 6.07) is 18.3. The van der Waals surface area contributed by atoms with Gasteiger partial charge in [-0.15, -0.1) is 0 Å². The minimum Gasteiger partial charge on any atom is -0.494 e. The van der Waals surface area contributed by atoms with Crippen LogP contribution in [0.2, 0.25) is 5.02 Å². The lowest BCUT2D eigenvalue weighted by molar-refractivity contribution is -0.123. The number of ether oxygens (including phenoxy) is 4. The number of nitrogens with one attached hydrogen (secondary N) is 1. The van der Waals surface area contributed by atoms with E-state index in [1.807, 2.05) is 6.92 Å². The van der Waals surface area contributed by atoms with Crippen molar-refractivity contribution in [3.8, 4) is 23.0 Å². The highest BCUT2D eigenvalue weighted by molar-refractivity contribution is 6.30. The van der Waals surface area contributed by atoms with Crippen molar-refractivity contribution < 1.29 is 28.5 Å². The maximum Gasteiger partial charge on any atom is 0.343 e. The number of hydrogen-bond donors (Lipinski definition) is 1. The lowest BCUT2D eigenvalue weighted by Gasteiger charge is -2.10. The summed E-state index contributed by atoms with van der Waals surface area (Å²) in [4.78, 5) is 24.4. The van der Waals surface area contributed by atoms with E-state index in [-0.39, 0.29) is 12.4 Å². The zero-order valence-corrected chi connectivity index (χ0v) is 20.1. The fourth-order valence-corrected chi connectivity index (χ4v) is 3.01. The number of hydrogen-bond acceptors (Lipinski definition) is 7. The highest BCUT2D eigenvalue weighted by Crippen LogP contribution is 2.28. The minimum absolute atomic E-state index is 0.221. The maximum absolute atomic E-state index is 12.5. The molecule has 0 aliphatic carbocycles. The number of nitrogens with zero attached hydrogens (tertiary/aromatic N) is 1. The third kappa shape index (κ3) is 8.04. The quantitative estimate of drug-likeness (QED) is 0.176. The van der Waals surface area contributed by atoms with E-state index >= 15 is 0 Å². The standard InChI is InChI=1S/C26H25ClN2O6/c1-3-13-33-21-10-8-19(9-11-21)26(31)35-23-12-7-18(14-24(23)32-2)16-28-29-25(30)17-34-22-6-4-5-20(27)15-22/h4-12,14-16H,3,13,17H2,1-2H3,(H,29,30)/b28-16-. The fourth-order valence-electron chi connectivity index (χ4n) is 2.83. The predicted molar refractivity (Wildman–Crippen MR) is 133 cm³/mol. The molecule has 0 atom stereocenters. The molecular formula is C26H25ClN2O6. The number of benzene rings is 3. The monoisotopic (exact) mass is 496 g/mol. The molecule has 0 fully saturated rings. The van der Waals surface area contributed by atoms with Crippen molar-refractivity contribution in [2.24, 2.45) is 5.10 Å². The Hall–Kier alpha value is -4.04. The normalized spacial score (nSPS) is 10.6. The van der Waals surface area contributed by atoms with E-state index in [4.69, 9.17) is 30.5 Å². The topological polar surface area (TPSA) is 95.5 Å². The third-order valence-electron chi connectivity index (χ3n) is 4.52. The summed E-state index contributed by atoms with van der Waals surface area (Å²) in [6.45, 7) is 2.41. The van der Waals surface area contributed by atoms with Crippen LogP contribution < -0.4 is 24.4 Å². The molecule has 182 valence electrons. The second kappa shape index (κ2) is 13.0. The molecule has 35 heavy (non-hydrogen) atoms. The van der Waals surface area contributed by atoms with Gasteiger partial charge in [-0.25, -0.2) is 10.2 Å². The summed E-state index contributed by atoms with van der Waals surface area (Å²) in [7, 11) is 1.46. The molecule has 0 aliphatic heterocycles. The van der Waals surface area contributed by atoms with Gasteiger partial charge in [0.05, 0.1) is 25.5 Å². The van der Waals surface area contributed by atoms with Gasteiger partial charge in [-0.2, -0.15) is 5.10 Å². The Labute approximate surface area is 208 Å². The van der Waals surface area contributed by atoms with E-state index in [1.54, 1.807) is 66.7 Å². The molecule has 3 aromatic carbocycles. The molecule has 0 unspecified atom stereocenters. The van der Waals surface area contributed by atoms with Crippen molar-refractivity contribution in [1.29, 1.82) is 0 Å². The molecule has 9 heteroatoms. The molecule has 8 nitrogen and oxygen atoms in total. The van der Waals surface area contributed by atoms with E-state index in [9.17, 15) is 9.59 Å². The molecule has 0 saturated carbocycles.